The summed E-state index contributed by atoms with van der Waals surface area (Å²) in [6.07, 6.45) is 0. The quantitative estimate of drug-likeness (QED) is 0.833. The van der Waals surface area contributed by atoms with Gasteiger partial charge in [0.1, 0.15) is 10.6 Å². The van der Waals surface area contributed by atoms with Crippen LogP contribution in [-0.4, -0.2) is 20.9 Å². The number of rotatable bonds is 6. The van der Waals surface area contributed by atoms with Gasteiger partial charge in [-0.2, -0.15) is 0 Å². The van der Waals surface area contributed by atoms with Crippen molar-refractivity contribution >= 4 is 33.2 Å². The van der Waals surface area contributed by atoms with Gasteiger partial charge in [-0.25, -0.2) is 8.42 Å². The molecule has 8 heteroatoms. The Morgan fingerprint density at radius 1 is 1.22 bits per heavy atom. The molecule has 0 unspecified atom stereocenters. The van der Waals surface area contributed by atoms with Crippen LogP contribution in [0.5, 0.6) is 5.75 Å². The summed E-state index contributed by atoms with van der Waals surface area (Å²) in [6.45, 7) is 2.07. The van der Waals surface area contributed by atoms with Gasteiger partial charge >= 0.3 is 0 Å². The summed E-state index contributed by atoms with van der Waals surface area (Å²) >= 11 is 5.88. The molecule has 3 N–H and O–H groups in total. The minimum atomic E-state index is -3.90. The summed E-state index contributed by atoms with van der Waals surface area (Å²) in [5.74, 6) is -0.383. The Morgan fingerprint density at radius 2 is 1.87 bits per heavy atom. The maximum atomic E-state index is 12.5. The molecule has 6 nitrogen and oxygen atoms in total. The van der Waals surface area contributed by atoms with Gasteiger partial charge in [-0.3, -0.25) is 9.52 Å². The topological polar surface area (TPSA) is 98.5 Å². The largest absolute Gasteiger partial charge is 0.492 e. The van der Waals surface area contributed by atoms with Crippen molar-refractivity contribution in [2.75, 3.05) is 11.3 Å². The zero-order chi connectivity index (χ0) is 17.0. The monoisotopic (exact) mass is 354 g/mol. The van der Waals surface area contributed by atoms with Crippen molar-refractivity contribution in [3.05, 3.63) is 53.1 Å². The smallest absolute Gasteiger partial charge is 0.265 e. The van der Waals surface area contributed by atoms with Crippen molar-refractivity contribution in [3.63, 3.8) is 0 Å². The Bertz CT molecular complexity index is 820. The molecule has 2 rings (SSSR count). The normalized spacial score (nSPS) is 11.0. The molecular weight excluding hydrogens is 340 g/mol. The number of halogens is 1. The first-order chi connectivity index (χ1) is 10.8. The van der Waals surface area contributed by atoms with E-state index in [1.54, 1.807) is 13.0 Å². The lowest BCUT2D eigenvalue weighted by Gasteiger charge is -2.13. The number of primary amides is 1. The van der Waals surface area contributed by atoms with Gasteiger partial charge in [0.15, 0.2) is 0 Å². The maximum absolute atomic E-state index is 12.5. The average molecular weight is 355 g/mol. The second-order valence-electron chi connectivity index (χ2n) is 4.57. The highest BCUT2D eigenvalue weighted by Gasteiger charge is 2.20. The van der Waals surface area contributed by atoms with Crippen LogP contribution in [0.25, 0.3) is 0 Å². The third kappa shape index (κ3) is 4.14. The molecule has 0 spiro atoms. The standard InChI is InChI=1S/C15H15ClN2O4S/c1-2-22-13-8-5-11(16)9-14(13)23(20,21)18-12-6-3-10(4-7-12)15(17)19/h3-9,18H,2H2,1H3,(H2,17,19). The molecule has 1 amide bonds. The van der Waals surface area contributed by atoms with Crippen LogP contribution in [0.15, 0.2) is 47.4 Å². The summed E-state index contributed by atoms with van der Waals surface area (Å²) in [4.78, 5) is 11.0. The van der Waals surface area contributed by atoms with Crippen LogP contribution in [-0.2, 0) is 10.0 Å². The molecule has 0 aliphatic heterocycles. The summed E-state index contributed by atoms with van der Waals surface area (Å²) in [6, 6.07) is 10.1. The molecule has 2 aromatic carbocycles. The van der Waals surface area contributed by atoms with E-state index in [1.807, 2.05) is 0 Å². The zero-order valence-electron chi connectivity index (χ0n) is 12.2. The molecule has 0 saturated carbocycles. The third-order valence-electron chi connectivity index (χ3n) is 2.92. The fourth-order valence-electron chi connectivity index (χ4n) is 1.88. The number of carbonyl (C=O) groups excluding carboxylic acids is 1. The van der Waals surface area contributed by atoms with Gasteiger partial charge in [0.2, 0.25) is 5.91 Å². The van der Waals surface area contributed by atoms with Gasteiger partial charge in [0.25, 0.3) is 10.0 Å². The number of hydrogen-bond donors (Lipinski definition) is 2. The summed E-state index contributed by atoms with van der Waals surface area (Å²) in [5.41, 5.74) is 5.72. The van der Waals surface area contributed by atoms with E-state index in [1.165, 1.54) is 36.4 Å². The molecule has 122 valence electrons. The molecule has 0 saturated heterocycles. The molecule has 0 aliphatic rings. The van der Waals surface area contributed by atoms with Crippen molar-refractivity contribution in [1.82, 2.24) is 0 Å². The van der Waals surface area contributed by atoms with E-state index in [9.17, 15) is 13.2 Å². The van der Waals surface area contributed by atoms with Crippen LogP contribution in [0.3, 0.4) is 0 Å². The lowest BCUT2D eigenvalue weighted by Crippen LogP contribution is -2.15. The highest BCUT2D eigenvalue weighted by atomic mass is 35.5. The van der Waals surface area contributed by atoms with Crippen LogP contribution in [0.1, 0.15) is 17.3 Å². The fraction of sp³-hybridized carbons (Fsp3) is 0.133. The lowest BCUT2D eigenvalue weighted by molar-refractivity contribution is 0.100. The number of amides is 1. The molecule has 0 atom stereocenters. The Kier molecular flexibility index (Phi) is 5.12. The van der Waals surface area contributed by atoms with E-state index in [-0.39, 0.29) is 26.9 Å². The summed E-state index contributed by atoms with van der Waals surface area (Å²) < 4.78 is 32.8. The Morgan fingerprint density at radius 3 is 2.43 bits per heavy atom. The molecule has 0 heterocycles. The molecule has 0 fully saturated rings. The van der Waals surface area contributed by atoms with E-state index >= 15 is 0 Å². The van der Waals surface area contributed by atoms with Crippen molar-refractivity contribution < 1.29 is 17.9 Å². The number of nitrogens with two attached hydrogens (primary N) is 1. The Labute approximate surface area is 139 Å². The first-order valence-electron chi connectivity index (χ1n) is 6.68. The predicted octanol–water partition coefficient (Wildman–Crippen LogP) is 2.64. The van der Waals surface area contributed by atoms with E-state index in [0.717, 1.165) is 0 Å². The summed E-state index contributed by atoms with van der Waals surface area (Å²) in [5, 5.41) is 0.276. The highest BCUT2D eigenvalue weighted by Crippen LogP contribution is 2.29. The van der Waals surface area contributed by atoms with Crippen molar-refractivity contribution in [2.24, 2.45) is 5.73 Å². The van der Waals surface area contributed by atoms with Crippen LogP contribution in [0, 0.1) is 0 Å². The molecule has 0 aromatic heterocycles. The predicted molar refractivity (Wildman–Crippen MR) is 88.4 cm³/mol. The maximum Gasteiger partial charge on any atom is 0.265 e. The van der Waals surface area contributed by atoms with Gasteiger partial charge in [-0.15, -0.1) is 0 Å². The minimum Gasteiger partial charge on any atom is -0.492 e. The summed E-state index contributed by atoms with van der Waals surface area (Å²) in [7, 11) is -3.90. The average Bonchev–Trinajstić information content (AvgIpc) is 2.49. The molecule has 2 aromatic rings. The number of ether oxygens (including phenoxy) is 1. The third-order valence-corrected chi connectivity index (χ3v) is 4.55. The van der Waals surface area contributed by atoms with E-state index < -0.39 is 15.9 Å². The van der Waals surface area contributed by atoms with Crippen LogP contribution < -0.4 is 15.2 Å². The first kappa shape index (κ1) is 17.1. The van der Waals surface area contributed by atoms with Crippen molar-refractivity contribution in [3.8, 4) is 5.75 Å². The fourth-order valence-corrected chi connectivity index (χ4v) is 3.35. The van der Waals surface area contributed by atoms with Crippen LogP contribution in [0.2, 0.25) is 5.02 Å². The molecule has 23 heavy (non-hydrogen) atoms. The van der Waals surface area contributed by atoms with Gasteiger partial charge in [0, 0.05) is 16.3 Å². The van der Waals surface area contributed by atoms with E-state index in [0.29, 0.717) is 6.61 Å². The van der Waals surface area contributed by atoms with Gasteiger partial charge in [-0.1, -0.05) is 11.6 Å². The minimum absolute atomic E-state index is 0.0640. The number of sulfonamides is 1. The van der Waals surface area contributed by atoms with Gasteiger partial charge < -0.3 is 10.5 Å². The van der Waals surface area contributed by atoms with Crippen molar-refractivity contribution in [2.45, 2.75) is 11.8 Å². The molecule has 0 bridgehead atoms. The number of nitrogens with one attached hydrogen (secondary N) is 1. The van der Waals surface area contributed by atoms with E-state index in [4.69, 9.17) is 22.1 Å². The number of anilines is 1. The molecular formula is C15H15ClN2O4S. The molecule has 0 aliphatic carbocycles. The zero-order valence-corrected chi connectivity index (χ0v) is 13.8. The number of benzene rings is 2. The van der Waals surface area contributed by atoms with Gasteiger partial charge in [-0.05, 0) is 49.4 Å². The Hall–Kier alpha value is -2.25. The lowest BCUT2D eigenvalue weighted by atomic mass is 10.2. The first-order valence-corrected chi connectivity index (χ1v) is 8.54. The molecule has 0 radical (unpaired) electrons. The second kappa shape index (κ2) is 6.89. The highest BCUT2D eigenvalue weighted by molar-refractivity contribution is 7.92. The van der Waals surface area contributed by atoms with Crippen LogP contribution in [0.4, 0.5) is 5.69 Å². The van der Waals surface area contributed by atoms with Crippen LogP contribution >= 0.6 is 11.6 Å². The van der Waals surface area contributed by atoms with Crippen molar-refractivity contribution in [1.29, 1.82) is 0 Å². The second-order valence-corrected chi connectivity index (χ2v) is 6.66. The SMILES string of the molecule is CCOc1ccc(Cl)cc1S(=O)(=O)Nc1ccc(C(N)=O)cc1. The van der Waals surface area contributed by atoms with Gasteiger partial charge in [0.05, 0.1) is 6.61 Å². The number of hydrogen-bond acceptors (Lipinski definition) is 4. The van der Waals surface area contributed by atoms with E-state index in [2.05, 4.69) is 4.72 Å². The Balaban J connectivity index is 2.35. The number of carbonyl (C=O) groups is 1.